The minimum Gasteiger partial charge on any atom is -0.748 e. The van der Waals surface area contributed by atoms with Crippen LogP contribution < -0.4 is 76.1 Å². The van der Waals surface area contributed by atoms with Gasteiger partial charge in [0, 0.05) is 45.1 Å². The molecule has 0 spiro atoms. The van der Waals surface area contributed by atoms with E-state index in [9.17, 15) is 26.6 Å². The van der Waals surface area contributed by atoms with Gasteiger partial charge < -0.3 is 47.7 Å². The first-order valence-corrected chi connectivity index (χ1v) is 51.3. The van der Waals surface area contributed by atoms with Crippen LogP contribution in [-0.4, -0.2) is 95.8 Å². The molecule has 0 radical (unpaired) electrons. The van der Waals surface area contributed by atoms with Crippen molar-refractivity contribution in [1.82, 2.24) is 0 Å². The summed E-state index contributed by atoms with van der Waals surface area (Å²) in [5.74, 6) is 6.75. The second-order valence-corrected chi connectivity index (χ2v) is 47.9. The molecule has 0 amide bonds. The Kier molecular flexibility index (Phi) is 40.9. The molecule has 0 N–H and O–H groups in total. The molecular formula is C92H120Li2O16S3Si2. The maximum atomic E-state index is 14.0. The van der Waals surface area contributed by atoms with Gasteiger partial charge in [0.25, 0.3) is 0 Å². The van der Waals surface area contributed by atoms with E-state index in [-0.39, 0.29) is 84.2 Å². The van der Waals surface area contributed by atoms with Crippen LogP contribution >= 0.6 is 12.0 Å². The molecule has 0 aliphatic heterocycles. The summed E-state index contributed by atoms with van der Waals surface area (Å²) in [5, 5.41) is 13.9. The number of hydrogen-bond acceptors (Lipinski definition) is 17. The maximum Gasteiger partial charge on any atom is 1.00 e. The first kappa shape index (κ1) is 97.2. The molecule has 8 aromatic rings. The van der Waals surface area contributed by atoms with E-state index in [1.807, 2.05) is 43.3 Å². The summed E-state index contributed by atoms with van der Waals surface area (Å²) >= 11 is 0.956. The molecule has 0 saturated carbocycles. The number of unbranched alkanes of at least 4 members (excludes halogenated alkanes) is 2. The fourth-order valence-corrected chi connectivity index (χ4v) is 18.5. The van der Waals surface area contributed by atoms with Crippen LogP contribution in [0.4, 0.5) is 0 Å². The Balaban J connectivity index is 0.0000103. The molecule has 612 valence electrons. The number of ether oxygens (including phenoxy) is 8. The molecule has 0 saturated heterocycles. The predicted octanol–water partition coefficient (Wildman–Crippen LogP) is 16.3. The third-order valence-corrected chi connectivity index (χ3v) is 27.5. The van der Waals surface area contributed by atoms with Crippen LogP contribution in [-0.2, 0) is 52.3 Å². The van der Waals surface area contributed by atoms with Crippen molar-refractivity contribution in [2.45, 2.75) is 208 Å². The predicted molar refractivity (Wildman–Crippen MR) is 459 cm³/mol. The van der Waals surface area contributed by atoms with Gasteiger partial charge in [-0.05, 0) is 280 Å². The smallest absolute Gasteiger partial charge is 0.748 e. The minimum absolute atomic E-state index is 0. The van der Waals surface area contributed by atoms with Crippen molar-refractivity contribution < 1.29 is 112 Å². The molecular weight excluding hydrogens is 1530 g/mol. The van der Waals surface area contributed by atoms with Gasteiger partial charge >= 0.3 is 37.7 Å². The Bertz CT molecular complexity index is 4510. The molecule has 16 nitrogen and oxygen atoms in total. The van der Waals surface area contributed by atoms with Crippen LogP contribution in [0, 0.1) is 0 Å². The van der Waals surface area contributed by atoms with Crippen molar-refractivity contribution in [2.75, 3.05) is 58.3 Å². The third kappa shape index (κ3) is 33.2. The van der Waals surface area contributed by atoms with Crippen molar-refractivity contribution >= 4 is 48.1 Å². The van der Waals surface area contributed by atoms with Crippen LogP contribution in [0.3, 0.4) is 0 Å². The second-order valence-electron chi connectivity index (χ2n) is 32.4. The molecule has 4 atom stereocenters. The SMILES string of the molecule is C=CC(=CC)OCCCCCOc1ccc(C(C)(C)c2ccc(Oc3ccc(S(=O)(=O)c4ccc(OC)cc4)cc3)c(CCC(CC(C)c3cccc(OCCCS(=O)(=O)[O-])c3)c3cccc(OCCC[Si](C)(C)C)c3)c2)cc1CCC(CC(C)c1cccc(OCCCSOO[O-])c1)c1cccc(OCCC[Si](C)(C)C)c1.[Li+].[Li+]. The number of sulfone groups is 1. The Morgan fingerprint density at radius 2 is 0.930 bits per heavy atom. The zero-order valence-electron chi connectivity index (χ0n) is 70.5. The van der Waals surface area contributed by atoms with E-state index in [1.54, 1.807) is 61.7 Å². The van der Waals surface area contributed by atoms with Gasteiger partial charge in [-0.25, -0.2) is 16.8 Å². The molecule has 0 aliphatic rings. The van der Waals surface area contributed by atoms with Crippen LogP contribution in [0.2, 0.25) is 51.4 Å². The molecule has 0 heterocycles. The topological polar surface area (TPSA) is 207 Å². The maximum absolute atomic E-state index is 14.0. The fraction of sp³-hybridized carbons (Fsp3) is 0.435. The van der Waals surface area contributed by atoms with Crippen molar-refractivity contribution in [2.24, 2.45) is 0 Å². The summed E-state index contributed by atoms with van der Waals surface area (Å²) in [4.78, 5) is 0.283. The van der Waals surface area contributed by atoms with Crippen molar-refractivity contribution in [3.05, 3.63) is 251 Å². The van der Waals surface area contributed by atoms with Crippen LogP contribution in [0.15, 0.2) is 216 Å². The standard InChI is InChI=1S/C92H122O16S3Si2.2Li/c1-14-81(15-2)100-51-17-16-18-52-105-90-49-39-79(63-77(90)37-35-75(73-29-21-33-86(67-73)103-55-25-59-112(8,9)10)61-69(3)71-27-19-31-84(65-71)101-53-23-57-109-108-107-93)92(5,6)80-40-50-91(106-83-43-47-89(48-44-83)111(97,98)88-45-41-82(99-7)42-46-88)78(64-80)38-36-76(74-30-22-34-87(68-74)104-56-26-60-113(11,12)13)62-70(4)72-28-20-32-85(66-72)102-54-24-58-110(94,95)96;;/h14-15,19-22,27-34,39-50,63-70,75-76,93H,1,16-18,23-26,35-38,51-62H2,2-13H3,(H,94,95,96);;/q;2*+1/p-2. The fourth-order valence-electron chi connectivity index (χ4n) is 14.0. The van der Waals surface area contributed by atoms with E-state index in [0.29, 0.717) is 81.0 Å². The Hall–Kier alpha value is -6.64. The Labute approximate surface area is 717 Å². The van der Waals surface area contributed by atoms with Crippen molar-refractivity contribution in [3.63, 3.8) is 0 Å². The zero-order valence-corrected chi connectivity index (χ0v) is 75.0. The summed E-state index contributed by atoms with van der Waals surface area (Å²) in [6, 6.07) is 62.0. The van der Waals surface area contributed by atoms with Gasteiger partial charge in [0.1, 0.15) is 51.8 Å². The van der Waals surface area contributed by atoms with Gasteiger partial charge in [-0.2, -0.15) is 4.33 Å². The molecule has 23 heteroatoms. The Morgan fingerprint density at radius 1 is 0.504 bits per heavy atom. The van der Waals surface area contributed by atoms with Crippen LogP contribution in [0.25, 0.3) is 0 Å². The summed E-state index contributed by atoms with van der Waals surface area (Å²) in [6.07, 6.45) is 13.5. The van der Waals surface area contributed by atoms with Crippen molar-refractivity contribution in [3.8, 4) is 46.0 Å². The zero-order chi connectivity index (χ0) is 81.4. The molecule has 8 rings (SSSR count). The number of aryl methyl sites for hydroxylation is 2. The molecule has 0 aliphatic carbocycles. The summed E-state index contributed by atoms with van der Waals surface area (Å²) in [7, 11) is -9.25. The van der Waals surface area contributed by atoms with Crippen molar-refractivity contribution in [1.29, 1.82) is 0 Å². The molecule has 115 heavy (non-hydrogen) atoms. The van der Waals surface area contributed by atoms with Gasteiger partial charge in [-0.3, -0.25) is 5.04 Å². The third-order valence-electron chi connectivity index (χ3n) is 20.6. The van der Waals surface area contributed by atoms with Gasteiger partial charge in [0.05, 0.1) is 66.7 Å². The monoisotopic (exact) mass is 1650 g/mol. The molecule has 4 unspecified atom stereocenters. The number of rotatable bonds is 52. The average molecular weight is 1650 g/mol. The van der Waals surface area contributed by atoms with Gasteiger partial charge in [-0.15, -0.1) is 0 Å². The molecule has 0 aromatic heterocycles. The van der Waals surface area contributed by atoms with Gasteiger partial charge in [0.15, 0.2) is 0 Å². The molecule has 0 fully saturated rings. The number of benzene rings is 8. The number of hydrogen-bond donors (Lipinski definition) is 0. The normalized spacial score (nSPS) is 13.1. The molecule has 0 bridgehead atoms. The van der Waals surface area contributed by atoms with Crippen LogP contribution in [0.5, 0.6) is 46.0 Å². The van der Waals surface area contributed by atoms with E-state index in [0.717, 1.165) is 138 Å². The van der Waals surface area contributed by atoms with Gasteiger partial charge in [-0.1, -0.05) is 158 Å². The van der Waals surface area contributed by atoms with E-state index >= 15 is 0 Å². The van der Waals surface area contributed by atoms with E-state index < -0.39 is 47.3 Å². The average Bonchev–Trinajstić information content (AvgIpc) is 0.779. The van der Waals surface area contributed by atoms with Crippen LogP contribution in [0.1, 0.15) is 173 Å². The van der Waals surface area contributed by atoms with E-state index in [2.05, 4.69) is 186 Å². The quantitative estimate of drug-likeness (QED) is 0.00508. The number of methoxy groups -OCH3 is 1. The minimum atomic E-state index is -4.37. The van der Waals surface area contributed by atoms with E-state index in [4.69, 9.17) is 37.9 Å². The summed E-state index contributed by atoms with van der Waals surface area (Å²) in [6.45, 7) is 32.2. The number of allylic oxidation sites excluding steroid dienone is 2. The second kappa shape index (κ2) is 48.4. The largest absolute Gasteiger partial charge is 1.00 e. The van der Waals surface area contributed by atoms with Gasteiger partial charge in [0.2, 0.25) is 9.84 Å². The van der Waals surface area contributed by atoms with E-state index in [1.165, 1.54) is 17.2 Å². The summed E-state index contributed by atoms with van der Waals surface area (Å²) in [5.41, 5.74) is 8.30. The first-order valence-electron chi connectivity index (χ1n) is 39.9. The first-order chi connectivity index (χ1) is 54.0. The summed E-state index contributed by atoms with van der Waals surface area (Å²) < 4.78 is 117. The molecule has 8 aromatic carbocycles. The Morgan fingerprint density at radius 3 is 1.38 bits per heavy atom.